The molecule has 2 aromatic carbocycles. The van der Waals surface area contributed by atoms with E-state index in [0.29, 0.717) is 4.31 Å². The lowest BCUT2D eigenvalue weighted by atomic mass is 10.2. The highest BCUT2D eigenvalue weighted by Gasteiger charge is 2.32. The first-order valence-electron chi connectivity index (χ1n) is 9.76. The molecule has 1 aliphatic heterocycles. The number of hydrogen-bond donors (Lipinski definition) is 1. The van der Waals surface area contributed by atoms with Crippen molar-refractivity contribution >= 4 is 39.1 Å². The summed E-state index contributed by atoms with van der Waals surface area (Å²) in [4.78, 5) is 10.9. The normalized spacial score (nSPS) is 19.6. The zero-order valence-corrected chi connectivity index (χ0v) is 15.7. The number of carbonyl (C=O) groups is 1. The van der Waals surface area contributed by atoms with Crippen LogP contribution >= 0.6 is 23.2 Å². The second-order valence-electron chi connectivity index (χ2n) is 5.23. The fourth-order valence-electron chi connectivity index (χ4n) is 2.17. The molecule has 3 rings (SSSR count). The predicted molar refractivity (Wildman–Crippen MR) is 99.5 cm³/mol. The molecule has 1 amide bonds. The van der Waals surface area contributed by atoms with E-state index in [1.165, 1.54) is 24.3 Å². The average Bonchev–Trinajstić information content (AvgIpc) is 2.64. The average molecular weight is 431 g/mol. The molecule has 2 aromatic rings. The van der Waals surface area contributed by atoms with E-state index in [9.17, 15) is 18.5 Å². The number of carbonyl (C=O) groups excluding carboxylic acids is 1. The molecule has 27 heavy (non-hydrogen) atoms. The van der Waals surface area contributed by atoms with Gasteiger partial charge in [0.2, 0.25) is 15.9 Å². The van der Waals surface area contributed by atoms with Crippen molar-refractivity contribution in [2.24, 2.45) is 0 Å². The molecule has 1 fully saturated rings. The first-order chi connectivity index (χ1) is 14.8. The molecule has 1 aliphatic rings. The van der Waals surface area contributed by atoms with Crippen molar-refractivity contribution in [3.63, 3.8) is 0 Å². The number of benzene rings is 2. The summed E-state index contributed by atoms with van der Waals surface area (Å²) in [5.74, 6) is -1.80. The zero-order valence-electron chi connectivity index (χ0n) is 18.3. The Morgan fingerprint density at radius 1 is 1.30 bits per heavy atom. The molecule has 140 valence electrons. The summed E-state index contributed by atoms with van der Waals surface area (Å²) in [6.45, 7) is -3.95. The number of nitrogens with zero attached hydrogens (tertiary/aromatic N) is 2. The van der Waals surface area contributed by atoms with Crippen LogP contribution in [0.2, 0.25) is 10.0 Å². The third kappa shape index (κ3) is 4.34. The van der Waals surface area contributed by atoms with Crippen LogP contribution in [-0.4, -0.2) is 38.2 Å². The monoisotopic (exact) mass is 430 g/mol. The number of rotatable bonds is 4. The number of nitrogens with one attached hydrogen (secondary N) is 1. The quantitative estimate of drug-likeness (QED) is 0.803. The maximum Gasteiger partial charge on any atom is 0.247 e. The first-order valence-corrected chi connectivity index (χ1v) is 9.45. The zero-order chi connectivity index (χ0) is 24.0. The Morgan fingerprint density at radius 3 is 2.63 bits per heavy atom. The van der Waals surface area contributed by atoms with E-state index in [1.807, 2.05) is 5.32 Å². The van der Waals surface area contributed by atoms with Crippen LogP contribution in [0.5, 0.6) is 11.5 Å². The molecular weight excluding hydrogens is 413 g/mol. The fourth-order valence-corrected chi connectivity index (χ4v) is 4.02. The second-order valence-corrected chi connectivity index (χ2v) is 7.97. The molecular formula is C17H13Cl2N3O4S. The van der Waals surface area contributed by atoms with Crippen LogP contribution in [-0.2, 0) is 14.8 Å². The maximum atomic E-state index is 13.4. The van der Waals surface area contributed by atoms with Gasteiger partial charge in [-0.15, -0.1) is 0 Å². The van der Waals surface area contributed by atoms with Crippen molar-refractivity contribution in [1.29, 1.82) is 5.26 Å². The Labute approximate surface area is 173 Å². The van der Waals surface area contributed by atoms with Gasteiger partial charge in [-0.05, 0) is 36.3 Å². The van der Waals surface area contributed by atoms with Gasteiger partial charge in [-0.3, -0.25) is 4.79 Å². The van der Waals surface area contributed by atoms with Gasteiger partial charge in [-0.1, -0.05) is 23.2 Å². The number of nitriles is 1. The number of amides is 1. The summed E-state index contributed by atoms with van der Waals surface area (Å²) < 4.78 is 72.6. The third-order valence-electron chi connectivity index (χ3n) is 3.31. The van der Waals surface area contributed by atoms with E-state index in [4.69, 9.17) is 34.8 Å². The lowest BCUT2D eigenvalue weighted by Gasteiger charge is -2.26. The van der Waals surface area contributed by atoms with Crippen LogP contribution in [0.25, 0.3) is 0 Å². The maximum absolute atomic E-state index is 13.4. The van der Waals surface area contributed by atoms with Gasteiger partial charge in [0.05, 0.1) is 25.0 Å². The van der Waals surface area contributed by atoms with E-state index >= 15 is 0 Å². The third-order valence-corrected chi connectivity index (χ3v) is 5.49. The highest BCUT2D eigenvalue weighted by atomic mass is 35.5. The fraction of sp³-hybridized carbons (Fsp3) is 0.176. The summed E-state index contributed by atoms with van der Waals surface area (Å²) in [7, 11) is -4.84. The second kappa shape index (κ2) is 7.74. The topological polar surface area (TPSA) is 99.5 Å². The Morgan fingerprint density at radius 2 is 2.00 bits per heavy atom. The lowest BCUT2D eigenvalue weighted by molar-refractivity contribution is -0.122. The van der Waals surface area contributed by atoms with Crippen molar-refractivity contribution in [1.82, 2.24) is 9.62 Å². The van der Waals surface area contributed by atoms with E-state index in [0.717, 1.165) is 0 Å². The van der Waals surface area contributed by atoms with Crippen molar-refractivity contribution in [2.45, 2.75) is 4.90 Å². The van der Waals surface area contributed by atoms with Crippen LogP contribution in [0.15, 0.2) is 41.2 Å². The van der Waals surface area contributed by atoms with Crippen molar-refractivity contribution in [3.8, 4) is 17.6 Å². The van der Waals surface area contributed by atoms with Gasteiger partial charge in [-0.2, -0.15) is 9.57 Å². The smallest absolute Gasteiger partial charge is 0.247 e. The standard InChI is InChI=1S/C17H13Cl2N3O4S/c18-12-6-13(19)8-14(7-12)26-15-2-1-11(9-20)5-16(15)27(24,25)22-4-3-21-17(23)10-22/h1-2,5-8H,3-4,10H2,(H,21,23)/i1D,2D,3D2,5D. The van der Waals surface area contributed by atoms with Gasteiger partial charge in [-0.25, -0.2) is 8.42 Å². The van der Waals surface area contributed by atoms with Crippen molar-refractivity contribution < 1.29 is 24.8 Å². The number of ether oxygens (including phenoxy) is 1. The lowest BCUT2D eigenvalue weighted by Crippen LogP contribution is -2.49. The van der Waals surface area contributed by atoms with Gasteiger partial charge in [0.1, 0.15) is 16.4 Å². The Hall–Kier alpha value is -2.31. The largest absolute Gasteiger partial charge is 0.456 e. The van der Waals surface area contributed by atoms with E-state index < -0.39 is 69.9 Å². The minimum atomic E-state index is -4.84. The Kier molecular flexibility index (Phi) is 3.96. The minimum absolute atomic E-state index is 0.109. The summed E-state index contributed by atoms with van der Waals surface area (Å²) in [5.41, 5.74) is -0.700. The number of hydrogen-bond acceptors (Lipinski definition) is 5. The molecule has 1 heterocycles. The molecule has 0 spiro atoms. The molecule has 7 nitrogen and oxygen atoms in total. The molecule has 0 aromatic heterocycles. The molecule has 0 bridgehead atoms. The summed E-state index contributed by atoms with van der Waals surface area (Å²) in [5, 5.41) is 11.6. The van der Waals surface area contributed by atoms with Crippen LogP contribution in [0, 0.1) is 11.3 Å². The van der Waals surface area contributed by atoms with Crippen molar-refractivity contribution in [3.05, 3.63) is 51.9 Å². The SMILES string of the molecule is [2H]c1c([2H])c(Oc2cc(Cl)cc(Cl)c2)c(S(=O)(=O)N2CC(=O)NC([2H])([2H])C2)c([2H])c1C#N. The van der Waals surface area contributed by atoms with Crippen LogP contribution in [0.1, 0.15) is 12.4 Å². The molecule has 1 saturated heterocycles. The highest BCUT2D eigenvalue weighted by molar-refractivity contribution is 7.89. The molecule has 0 radical (unpaired) electrons. The van der Waals surface area contributed by atoms with Crippen LogP contribution in [0.3, 0.4) is 0 Å². The molecule has 0 saturated carbocycles. The van der Waals surface area contributed by atoms with E-state index in [2.05, 4.69) is 0 Å². The number of piperazine rings is 1. The number of sulfonamides is 1. The van der Waals surface area contributed by atoms with Crippen LogP contribution in [0.4, 0.5) is 0 Å². The van der Waals surface area contributed by atoms with Gasteiger partial charge in [0.15, 0.2) is 0 Å². The van der Waals surface area contributed by atoms with Crippen molar-refractivity contribution in [2.75, 3.05) is 19.6 Å². The molecule has 0 aliphatic carbocycles. The Balaban J connectivity index is 2.27. The molecule has 0 unspecified atom stereocenters. The predicted octanol–water partition coefficient (Wildman–Crippen LogP) is 2.78. The summed E-state index contributed by atoms with van der Waals surface area (Å²) in [6, 6.07) is 2.92. The van der Waals surface area contributed by atoms with Crippen LogP contribution < -0.4 is 10.1 Å². The molecule has 10 heteroatoms. The summed E-state index contributed by atoms with van der Waals surface area (Å²) in [6.07, 6.45) is 0. The first kappa shape index (κ1) is 13.8. The summed E-state index contributed by atoms with van der Waals surface area (Å²) >= 11 is 11.8. The van der Waals surface area contributed by atoms with Gasteiger partial charge < -0.3 is 10.1 Å². The minimum Gasteiger partial charge on any atom is -0.456 e. The van der Waals surface area contributed by atoms with E-state index in [1.54, 1.807) is 0 Å². The molecule has 1 N–H and O–H groups in total. The Bertz CT molecular complexity index is 1260. The molecule has 0 atom stereocenters. The highest BCUT2D eigenvalue weighted by Crippen LogP contribution is 2.34. The van der Waals surface area contributed by atoms with Gasteiger partial charge in [0.25, 0.3) is 0 Å². The number of halogens is 2. The van der Waals surface area contributed by atoms with Gasteiger partial charge >= 0.3 is 0 Å². The van der Waals surface area contributed by atoms with Gasteiger partial charge in [0, 0.05) is 23.1 Å². The van der Waals surface area contributed by atoms with E-state index in [-0.39, 0.29) is 15.8 Å².